The second-order valence-corrected chi connectivity index (χ2v) is 5.41. The first-order chi connectivity index (χ1) is 8.66. The fraction of sp³-hybridized carbons (Fsp3) is 0.923. The van der Waals surface area contributed by atoms with E-state index in [9.17, 15) is 9.90 Å². The van der Waals surface area contributed by atoms with Crippen LogP contribution >= 0.6 is 0 Å². The van der Waals surface area contributed by atoms with Gasteiger partial charge in [0.25, 0.3) is 0 Å². The van der Waals surface area contributed by atoms with E-state index in [0.717, 1.165) is 32.7 Å². The number of piperazine rings is 1. The Morgan fingerprint density at radius 1 is 1.17 bits per heavy atom. The topological polar surface area (TPSA) is 53.0 Å². The molecule has 2 rings (SSSR count). The number of hydrogen-bond acceptors (Lipinski definition) is 4. The van der Waals surface area contributed by atoms with Gasteiger partial charge < -0.3 is 14.7 Å². The van der Waals surface area contributed by atoms with Crippen LogP contribution in [0.25, 0.3) is 0 Å². The maximum Gasteiger partial charge on any atom is 0.311 e. The van der Waals surface area contributed by atoms with Crippen LogP contribution in [0.2, 0.25) is 0 Å². The fourth-order valence-electron chi connectivity index (χ4n) is 2.89. The Hall–Kier alpha value is -0.650. The molecule has 2 heterocycles. The summed E-state index contributed by atoms with van der Waals surface area (Å²) in [4.78, 5) is 16.3. The highest BCUT2D eigenvalue weighted by atomic mass is 16.5. The van der Waals surface area contributed by atoms with Gasteiger partial charge in [0, 0.05) is 45.9 Å². The summed E-state index contributed by atoms with van der Waals surface area (Å²) in [7, 11) is 0. The van der Waals surface area contributed by atoms with E-state index >= 15 is 0 Å². The van der Waals surface area contributed by atoms with Crippen LogP contribution in [0, 0.1) is 5.41 Å². The highest BCUT2D eigenvalue weighted by molar-refractivity contribution is 5.75. The number of likely N-dealkylation sites (N-methyl/N-ethyl adjacent to an activating group) is 1. The normalized spacial score (nSPS) is 26.1. The van der Waals surface area contributed by atoms with Crippen molar-refractivity contribution in [2.45, 2.75) is 19.8 Å². The molecule has 0 spiro atoms. The van der Waals surface area contributed by atoms with Gasteiger partial charge in [-0.2, -0.15) is 0 Å². The second kappa shape index (κ2) is 5.99. The number of carboxylic acid groups (broad SMARTS) is 1. The smallest absolute Gasteiger partial charge is 0.311 e. The highest BCUT2D eigenvalue weighted by Crippen LogP contribution is 2.32. The summed E-state index contributed by atoms with van der Waals surface area (Å²) >= 11 is 0. The molecule has 2 aliphatic heterocycles. The Balaban J connectivity index is 1.91. The average Bonchev–Trinajstić information content (AvgIpc) is 2.40. The molecule has 0 aromatic rings. The summed E-state index contributed by atoms with van der Waals surface area (Å²) in [6, 6.07) is 0. The molecule has 0 aromatic carbocycles. The van der Waals surface area contributed by atoms with Crippen molar-refractivity contribution < 1.29 is 14.6 Å². The van der Waals surface area contributed by atoms with Crippen LogP contribution < -0.4 is 0 Å². The van der Waals surface area contributed by atoms with Gasteiger partial charge in [0.15, 0.2) is 0 Å². The van der Waals surface area contributed by atoms with Gasteiger partial charge in [-0.05, 0) is 19.4 Å². The number of carboxylic acids is 1. The molecule has 0 unspecified atom stereocenters. The van der Waals surface area contributed by atoms with E-state index in [-0.39, 0.29) is 0 Å². The summed E-state index contributed by atoms with van der Waals surface area (Å²) in [5.41, 5.74) is -0.577. The maximum atomic E-state index is 11.6. The maximum absolute atomic E-state index is 11.6. The van der Waals surface area contributed by atoms with Crippen LogP contribution in [0.4, 0.5) is 0 Å². The van der Waals surface area contributed by atoms with E-state index in [2.05, 4.69) is 16.7 Å². The van der Waals surface area contributed by atoms with Gasteiger partial charge in [-0.15, -0.1) is 0 Å². The monoisotopic (exact) mass is 256 g/mol. The molecule has 0 atom stereocenters. The average molecular weight is 256 g/mol. The molecule has 2 aliphatic rings. The quantitative estimate of drug-likeness (QED) is 0.794. The zero-order valence-corrected chi connectivity index (χ0v) is 11.2. The third-order valence-electron chi connectivity index (χ3n) is 4.34. The minimum Gasteiger partial charge on any atom is -0.481 e. The molecule has 0 amide bonds. The summed E-state index contributed by atoms with van der Waals surface area (Å²) < 4.78 is 5.31. The highest BCUT2D eigenvalue weighted by Gasteiger charge is 2.41. The summed E-state index contributed by atoms with van der Waals surface area (Å²) in [6.07, 6.45) is 1.30. The molecule has 104 valence electrons. The largest absolute Gasteiger partial charge is 0.481 e. The Morgan fingerprint density at radius 2 is 1.72 bits per heavy atom. The minimum atomic E-state index is -0.649. The number of ether oxygens (including phenoxy) is 1. The number of nitrogens with zero attached hydrogens (tertiary/aromatic N) is 2. The number of hydrogen-bond donors (Lipinski definition) is 1. The van der Waals surface area contributed by atoms with Crippen molar-refractivity contribution in [1.29, 1.82) is 0 Å². The van der Waals surface area contributed by atoms with Crippen LogP contribution in [-0.2, 0) is 9.53 Å². The summed E-state index contributed by atoms with van der Waals surface area (Å²) in [6.45, 7) is 9.21. The van der Waals surface area contributed by atoms with Crippen LogP contribution in [0.1, 0.15) is 19.8 Å². The first kappa shape index (κ1) is 13.8. The molecule has 1 N–H and O–H groups in total. The first-order valence-corrected chi connectivity index (χ1v) is 6.92. The Morgan fingerprint density at radius 3 is 2.22 bits per heavy atom. The van der Waals surface area contributed by atoms with Crippen LogP contribution in [0.15, 0.2) is 0 Å². The van der Waals surface area contributed by atoms with E-state index in [1.807, 2.05) is 0 Å². The first-order valence-electron chi connectivity index (χ1n) is 6.92. The van der Waals surface area contributed by atoms with Crippen molar-refractivity contribution in [3.63, 3.8) is 0 Å². The predicted octanol–water partition coefficient (Wildman–Crippen LogP) is 0.505. The van der Waals surface area contributed by atoms with Crippen molar-refractivity contribution in [3.8, 4) is 0 Å². The molecule has 0 aliphatic carbocycles. The van der Waals surface area contributed by atoms with Gasteiger partial charge in [0.05, 0.1) is 5.41 Å². The lowest BCUT2D eigenvalue weighted by Gasteiger charge is -2.41. The lowest BCUT2D eigenvalue weighted by atomic mass is 9.79. The van der Waals surface area contributed by atoms with Crippen molar-refractivity contribution in [3.05, 3.63) is 0 Å². The van der Waals surface area contributed by atoms with Gasteiger partial charge in [-0.25, -0.2) is 0 Å². The zero-order chi connectivity index (χ0) is 13.0. The zero-order valence-electron chi connectivity index (χ0n) is 11.2. The van der Waals surface area contributed by atoms with Gasteiger partial charge in [0.2, 0.25) is 0 Å². The second-order valence-electron chi connectivity index (χ2n) is 5.41. The molecule has 0 aromatic heterocycles. The summed E-state index contributed by atoms with van der Waals surface area (Å²) in [5.74, 6) is -0.649. The third kappa shape index (κ3) is 3.02. The van der Waals surface area contributed by atoms with Crippen LogP contribution in [-0.4, -0.2) is 73.4 Å². The fourth-order valence-corrected chi connectivity index (χ4v) is 2.89. The van der Waals surface area contributed by atoms with Gasteiger partial charge in [-0.1, -0.05) is 6.92 Å². The molecular weight excluding hydrogens is 232 g/mol. The molecular formula is C13H24N2O3. The van der Waals surface area contributed by atoms with Gasteiger partial charge in [0.1, 0.15) is 0 Å². The lowest BCUT2D eigenvalue weighted by Crippen LogP contribution is -2.52. The van der Waals surface area contributed by atoms with Crippen LogP contribution in [0.3, 0.4) is 0 Å². The minimum absolute atomic E-state index is 0.577. The Kier molecular flexibility index (Phi) is 4.59. The van der Waals surface area contributed by atoms with E-state index in [0.29, 0.717) is 32.6 Å². The van der Waals surface area contributed by atoms with E-state index < -0.39 is 11.4 Å². The van der Waals surface area contributed by atoms with Crippen molar-refractivity contribution >= 4 is 5.97 Å². The molecule has 0 bridgehead atoms. The number of aliphatic carboxylic acids is 1. The lowest BCUT2D eigenvalue weighted by molar-refractivity contribution is -0.157. The van der Waals surface area contributed by atoms with E-state index in [1.165, 1.54) is 0 Å². The van der Waals surface area contributed by atoms with Gasteiger partial charge in [-0.3, -0.25) is 9.69 Å². The third-order valence-corrected chi connectivity index (χ3v) is 4.34. The molecule has 5 heteroatoms. The molecule has 18 heavy (non-hydrogen) atoms. The Labute approximate surface area is 109 Å². The molecule has 2 saturated heterocycles. The van der Waals surface area contributed by atoms with E-state index in [4.69, 9.17) is 4.74 Å². The standard InChI is InChI=1S/C13H24N2O3/c1-2-14-5-7-15(8-6-14)11-13(12(16)17)3-9-18-10-4-13/h2-11H2,1H3,(H,16,17). The van der Waals surface area contributed by atoms with Crippen molar-refractivity contribution in [2.75, 3.05) is 52.5 Å². The SMILES string of the molecule is CCN1CCN(CC2(C(=O)O)CCOCC2)CC1. The number of rotatable bonds is 4. The van der Waals surface area contributed by atoms with Crippen molar-refractivity contribution in [1.82, 2.24) is 9.80 Å². The Bertz CT molecular complexity index is 282. The molecule has 2 fully saturated rings. The predicted molar refractivity (Wildman–Crippen MR) is 68.7 cm³/mol. The van der Waals surface area contributed by atoms with E-state index in [1.54, 1.807) is 0 Å². The molecule has 0 radical (unpaired) electrons. The van der Waals surface area contributed by atoms with Crippen LogP contribution in [0.5, 0.6) is 0 Å². The summed E-state index contributed by atoms with van der Waals surface area (Å²) in [5, 5.41) is 9.52. The van der Waals surface area contributed by atoms with Crippen molar-refractivity contribution in [2.24, 2.45) is 5.41 Å². The molecule has 0 saturated carbocycles. The van der Waals surface area contributed by atoms with Gasteiger partial charge >= 0.3 is 5.97 Å². The number of carbonyl (C=O) groups is 1. The molecule has 5 nitrogen and oxygen atoms in total.